The molecule has 0 unspecified atom stereocenters. The van der Waals surface area contributed by atoms with E-state index in [1.165, 1.54) is 16.5 Å². The average molecular weight is 384 g/mol. The number of hydrogen-bond donors (Lipinski definition) is 3. The number of aromatic nitrogens is 2. The Hall–Kier alpha value is -3.60. The number of nitrogens with one attached hydrogen (secondary N) is 3. The fraction of sp³-hybridized carbons (Fsp3) is 0.167. The zero-order chi connectivity index (χ0) is 19.9. The van der Waals surface area contributed by atoms with Crippen LogP contribution in [-0.4, -0.2) is 29.0 Å². The molecule has 0 atom stereocenters. The van der Waals surface area contributed by atoms with E-state index in [0.29, 0.717) is 12.2 Å². The summed E-state index contributed by atoms with van der Waals surface area (Å²) in [6, 6.07) is 22.2. The van der Waals surface area contributed by atoms with E-state index in [9.17, 15) is 4.79 Å². The van der Waals surface area contributed by atoms with Gasteiger partial charge in [0, 0.05) is 30.2 Å². The predicted octanol–water partition coefficient (Wildman–Crippen LogP) is 4.19. The van der Waals surface area contributed by atoms with Crippen LogP contribution in [0, 0.1) is 0 Å². The molecule has 1 amide bonds. The highest BCUT2D eigenvalue weighted by Gasteiger charge is 2.08. The SMILES string of the molecule is O=C(NCCc1c[nH]c2ccccc12)c1ccc(NCCc2ccccc2)cn1. The number of nitrogens with zero attached hydrogens (tertiary/aromatic N) is 1. The van der Waals surface area contributed by atoms with Crippen LogP contribution in [0.5, 0.6) is 0 Å². The van der Waals surface area contributed by atoms with E-state index in [0.717, 1.165) is 30.6 Å². The number of rotatable bonds is 8. The molecule has 2 heterocycles. The first-order valence-electron chi connectivity index (χ1n) is 9.86. The van der Waals surface area contributed by atoms with E-state index in [4.69, 9.17) is 0 Å². The van der Waals surface area contributed by atoms with Crippen LogP contribution in [0.15, 0.2) is 79.1 Å². The van der Waals surface area contributed by atoms with Crippen molar-refractivity contribution in [1.82, 2.24) is 15.3 Å². The number of fused-ring (bicyclic) bond motifs is 1. The molecule has 5 heteroatoms. The molecule has 3 N–H and O–H groups in total. The standard InChI is InChI=1S/C24H24N4O/c29-24(26-15-13-19-16-27-22-9-5-4-8-21(19)22)23-11-10-20(17-28-23)25-14-12-18-6-2-1-3-7-18/h1-11,16-17,25,27H,12-15H2,(H,26,29). The number of aromatic amines is 1. The van der Waals surface area contributed by atoms with Crippen LogP contribution in [-0.2, 0) is 12.8 Å². The summed E-state index contributed by atoms with van der Waals surface area (Å²) in [5.41, 5.74) is 4.95. The summed E-state index contributed by atoms with van der Waals surface area (Å²) in [4.78, 5) is 19.9. The molecule has 146 valence electrons. The maximum Gasteiger partial charge on any atom is 0.269 e. The first kappa shape index (κ1) is 18.7. The first-order chi connectivity index (χ1) is 14.3. The normalized spacial score (nSPS) is 10.8. The summed E-state index contributed by atoms with van der Waals surface area (Å²) < 4.78 is 0. The van der Waals surface area contributed by atoms with Crippen molar-refractivity contribution in [2.24, 2.45) is 0 Å². The molecule has 0 fully saturated rings. The average Bonchev–Trinajstić information content (AvgIpc) is 3.18. The third-order valence-electron chi connectivity index (χ3n) is 4.94. The highest BCUT2D eigenvalue weighted by Crippen LogP contribution is 2.17. The van der Waals surface area contributed by atoms with Crippen LogP contribution < -0.4 is 10.6 Å². The third-order valence-corrected chi connectivity index (χ3v) is 4.94. The molecule has 0 saturated heterocycles. The molecule has 5 nitrogen and oxygen atoms in total. The highest BCUT2D eigenvalue weighted by molar-refractivity contribution is 5.92. The Balaban J connectivity index is 1.24. The number of para-hydroxylation sites is 1. The molecule has 0 aliphatic rings. The van der Waals surface area contributed by atoms with Crippen molar-refractivity contribution in [3.8, 4) is 0 Å². The van der Waals surface area contributed by atoms with Gasteiger partial charge in [0.2, 0.25) is 0 Å². The van der Waals surface area contributed by atoms with Gasteiger partial charge in [-0.1, -0.05) is 48.5 Å². The maximum absolute atomic E-state index is 12.3. The van der Waals surface area contributed by atoms with Gasteiger partial charge in [0.05, 0.1) is 11.9 Å². The third kappa shape index (κ3) is 4.82. The van der Waals surface area contributed by atoms with E-state index in [-0.39, 0.29) is 5.91 Å². The largest absolute Gasteiger partial charge is 0.383 e. The van der Waals surface area contributed by atoms with Crippen molar-refractivity contribution < 1.29 is 4.79 Å². The summed E-state index contributed by atoms with van der Waals surface area (Å²) in [5, 5.41) is 7.49. The van der Waals surface area contributed by atoms with Crippen molar-refractivity contribution in [2.75, 3.05) is 18.4 Å². The quantitative estimate of drug-likeness (QED) is 0.427. The van der Waals surface area contributed by atoms with Crippen LogP contribution in [0.1, 0.15) is 21.6 Å². The summed E-state index contributed by atoms with van der Waals surface area (Å²) in [6.07, 6.45) is 5.43. The van der Waals surface area contributed by atoms with Gasteiger partial charge < -0.3 is 15.6 Å². The Morgan fingerprint density at radius 3 is 2.55 bits per heavy atom. The van der Waals surface area contributed by atoms with Gasteiger partial charge in [0.25, 0.3) is 5.91 Å². The molecular formula is C24H24N4O. The van der Waals surface area contributed by atoms with Gasteiger partial charge in [0.15, 0.2) is 0 Å². The molecule has 0 bridgehead atoms. The van der Waals surface area contributed by atoms with Crippen molar-refractivity contribution in [3.63, 3.8) is 0 Å². The maximum atomic E-state index is 12.3. The molecule has 4 rings (SSSR count). The Labute approximate surface area is 170 Å². The predicted molar refractivity (Wildman–Crippen MR) is 117 cm³/mol. The summed E-state index contributed by atoms with van der Waals surface area (Å²) in [5.74, 6) is -0.152. The number of anilines is 1. The van der Waals surface area contributed by atoms with Gasteiger partial charge in [-0.05, 0) is 42.2 Å². The second-order valence-electron chi connectivity index (χ2n) is 6.96. The molecule has 0 aliphatic heterocycles. The van der Waals surface area contributed by atoms with E-state index in [1.807, 2.05) is 42.6 Å². The van der Waals surface area contributed by atoms with E-state index < -0.39 is 0 Å². The number of benzene rings is 2. The zero-order valence-electron chi connectivity index (χ0n) is 16.2. The number of amides is 1. The van der Waals surface area contributed by atoms with Crippen molar-refractivity contribution >= 4 is 22.5 Å². The Bertz CT molecular complexity index is 1070. The van der Waals surface area contributed by atoms with Gasteiger partial charge in [0.1, 0.15) is 5.69 Å². The van der Waals surface area contributed by atoms with Gasteiger partial charge in [-0.3, -0.25) is 4.79 Å². The summed E-state index contributed by atoms with van der Waals surface area (Å²) in [7, 11) is 0. The molecule has 2 aromatic heterocycles. The second-order valence-corrected chi connectivity index (χ2v) is 6.96. The molecule has 0 radical (unpaired) electrons. The van der Waals surface area contributed by atoms with Crippen molar-refractivity contribution in [3.05, 3.63) is 95.9 Å². The Morgan fingerprint density at radius 2 is 1.72 bits per heavy atom. The molecule has 0 spiro atoms. The van der Waals surface area contributed by atoms with Gasteiger partial charge in [-0.2, -0.15) is 0 Å². The van der Waals surface area contributed by atoms with Gasteiger partial charge in [-0.15, -0.1) is 0 Å². The van der Waals surface area contributed by atoms with E-state index in [2.05, 4.69) is 44.9 Å². The van der Waals surface area contributed by atoms with Crippen molar-refractivity contribution in [2.45, 2.75) is 12.8 Å². The Morgan fingerprint density at radius 1 is 0.897 bits per heavy atom. The number of hydrogen-bond acceptors (Lipinski definition) is 3. The van der Waals surface area contributed by atoms with E-state index in [1.54, 1.807) is 12.3 Å². The minimum atomic E-state index is -0.152. The van der Waals surface area contributed by atoms with E-state index >= 15 is 0 Å². The number of carbonyl (C=O) groups is 1. The van der Waals surface area contributed by atoms with Crippen LogP contribution in [0.3, 0.4) is 0 Å². The molecule has 29 heavy (non-hydrogen) atoms. The molecular weight excluding hydrogens is 360 g/mol. The lowest BCUT2D eigenvalue weighted by atomic mass is 10.1. The topological polar surface area (TPSA) is 69.8 Å². The number of H-pyrrole nitrogens is 1. The zero-order valence-corrected chi connectivity index (χ0v) is 16.2. The summed E-state index contributed by atoms with van der Waals surface area (Å²) >= 11 is 0. The fourth-order valence-electron chi connectivity index (χ4n) is 3.37. The first-order valence-corrected chi connectivity index (χ1v) is 9.86. The molecule has 0 aliphatic carbocycles. The lowest BCUT2D eigenvalue weighted by molar-refractivity contribution is 0.0949. The molecule has 0 saturated carbocycles. The van der Waals surface area contributed by atoms with Gasteiger partial charge in [-0.25, -0.2) is 4.98 Å². The van der Waals surface area contributed by atoms with Crippen molar-refractivity contribution in [1.29, 1.82) is 0 Å². The van der Waals surface area contributed by atoms with Crippen LogP contribution in [0.4, 0.5) is 5.69 Å². The molecule has 4 aromatic rings. The monoisotopic (exact) mass is 384 g/mol. The number of pyridine rings is 1. The minimum absolute atomic E-state index is 0.152. The number of carbonyl (C=O) groups excluding carboxylic acids is 1. The van der Waals surface area contributed by atoms with Gasteiger partial charge >= 0.3 is 0 Å². The minimum Gasteiger partial charge on any atom is -0.383 e. The smallest absolute Gasteiger partial charge is 0.269 e. The second kappa shape index (κ2) is 9.06. The summed E-state index contributed by atoms with van der Waals surface area (Å²) in [6.45, 7) is 1.39. The fourth-order valence-corrected chi connectivity index (χ4v) is 3.37. The molecule has 2 aromatic carbocycles. The van der Waals surface area contributed by atoms with Crippen LogP contribution in [0.2, 0.25) is 0 Å². The lowest BCUT2D eigenvalue weighted by Gasteiger charge is -2.08. The van der Waals surface area contributed by atoms with Crippen LogP contribution in [0.25, 0.3) is 10.9 Å². The highest BCUT2D eigenvalue weighted by atomic mass is 16.1. The van der Waals surface area contributed by atoms with Crippen LogP contribution >= 0.6 is 0 Å². The Kier molecular flexibility index (Phi) is 5.86. The lowest BCUT2D eigenvalue weighted by Crippen LogP contribution is -2.26.